The molecule has 25 heavy (non-hydrogen) atoms. The standard InChI is InChI=1S/C18H18FN5O/c1-2-23-11-14(17(22-23)12-7-8-12)18(25)21-13-9-20-24(10-13)16-6-4-3-5-15(16)19/h3-6,9-12H,2,7-8H2,1H3,(H,21,25). The van der Waals surface area contributed by atoms with Crippen LogP contribution in [0.25, 0.3) is 5.69 Å². The normalized spacial score (nSPS) is 13.8. The SMILES string of the molecule is CCn1cc(C(=O)Nc2cnn(-c3ccccc3F)c2)c(C2CC2)n1. The Morgan fingerprint density at radius 1 is 1.32 bits per heavy atom. The third-order valence-corrected chi connectivity index (χ3v) is 4.26. The molecule has 0 bridgehead atoms. The van der Waals surface area contributed by atoms with Gasteiger partial charge in [0.05, 0.1) is 29.3 Å². The Hall–Kier alpha value is -2.96. The lowest BCUT2D eigenvalue weighted by atomic mass is 10.1. The minimum atomic E-state index is -0.372. The number of carbonyl (C=O) groups excluding carboxylic acids is 1. The number of carbonyl (C=O) groups is 1. The highest BCUT2D eigenvalue weighted by atomic mass is 19.1. The first kappa shape index (κ1) is 15.6. The molecule has 1 amide bonds. The molecule has 4 rings (SSSR count). The van der Waals surface area contributed by atoms with Crippen molar-refractivity contribution < 1.29 is 9.18 Å². The zero-order valence-electron chi connectivity index (χ0n) is 13.8. The lowest BCUT2D eigenvalue weighted by Crippen LogP contribution is -2.12. The van der Waals surface area contributed by atoms with Gasteiger partial charge in [-0.15, -0.1) is 0 Å². The second kappa shape index (κ2) is 6.16. The summed E-state index contributed by atoms with van der Waals surface area (Å²) in [6.07, 6.45) is 7.03. The molecule has 3 aromatic rings. The molecule has 2 aromatic heterocycles. The van der Waals surface area contributed by atoms with E-state index in [1.54, 1.807) is 35.3 Å². The summed E-state index contributed by atoms with van der Waals surface area (Å²) in [6, 6.07) is 6.36. The molecule has 0 spiro atoms. The van der Waals surface area contributed by atoms with Crippen molar-refractivity contribution >= 4 is 11.6 Å². The van der Waals surface area contributed by atoms with E-state index in [1.165, 1.54) is 16.9 Å². The second-order valence-corrected chi connectivity index (χ2v) is 6.14. The molecule has 0 saturated heterocycles. The van der Waals surface area contributed by atoms with Crippen molar-refractivity contribution in [1.82, 2.24) is 19.6 Å². The third-order valence-electron chi connectivity index (χ3n) is 4.26. The Labute approximate surface area is 144 Å². The molecule has 2 heterocycles. The van der Waals surface area contributed by atoms with Gasteiger partial charge < -0.3 is 5.32 Å². The van der Waals surface area contributed by atoms with Gasteiger partial charge in [0, 0.05) is 18.7 Å². The lowest BCUT2D eigenvalue weighted by Gasteiger charge is -2.03. The summed E-state index contributed by atoms with van der Waals surface area (Å²) < 4.78 is 17.0. The van der Waals surface area contributed by atoms with Crippen molar-refractivity contribution in [1.29, 1.82) is 0 Å². The molecular weight excluding hydrogens is 321 g/mol. The Balaban J connectivity index is 1.56. The minimum Gasteiger partial charge on any atom is -0.319 e. The topological polar surface area (TPSA) is 64.7 Å². The van der Waals surface area contributed by atoms with Crippen LogP contribution in [0.5, 0.6) is 0 Å². The van der Waals surface area contributed by atoms with Crippen molar-refractivity contribution in [3.63, 3.8) is 0 Å². The Morgan fingerprint density at radius 2 is 2.12 bits per heavy atom. The molecule has 128 valence electrons. The number of para-hydroxylation sites is 1. The highest BCUT2D eigenvalue weighted by Crippen LogP contribution is 2.40. The predicted molar refractivity (Wildman–Crippen MR) is 91.4 cm³/mol. The van der Waals surface area contributed by atoms with Crippen LogP contribution in [0.1, 0.15) is 41.7 Å². The van der Waals surface area contributed by atoms with Crippen LogP contribution in [-0.4, -0.2) is 25.5 Å². The van der Waals surface area contributed by atoms with E-state index < -0.39 is 0 Å². The monoisotopic (exact) mass is 339 g/mol. The van der Waals surface area contributed by atoms with Crippen LogP contribution in [0.3, 0.4) is 0 Å². The Kier molecular flexibility index (Phi) is 3.83. The number of hydrogen-bond acceptors (Lipinski definition) is 3. The molecule has 1 aliphatic carbocycles. The van der Waals surface area contributed by atoms with Crippen molar-refractivity contribution in [2.24, 2.45) is 0 Å². The zero-order chi connectivity index (χ0) is 17.4. The van der Waals surface area contributed by atoms with Crippen LogP contribution in [0.2, 0.25) is 0 Å². The maximum atomic E-state index is 13.8. The first-order chi connectivity index (χ1) is 12.2. The average Bonchev–Trinajstić information content (AvgIpc) is 3.20. The maximum Gasteiger partial charge on any atom is 0.259 e. The molecular formula is C18H18FN5O. The van der Waals surface area contributed by atoms with Gasteiger partial charge in [-0.25, -0.2) is 9.07 Å². The molecule has 0 radical (unpaired) electrons. The van der Waals surface area contributed by atoms with Crippen LogP contribution in [0, 0.1) is 5.82 Å². The van der Waals surface area contributed by atoms with Crippen molar-refractivity contribution in [2.45, 2.75) is 32.2 Å². The molecule has 0 aliphatic heterocycles. The van der Waals surface area contributed by atoms with E-state index in [2.05, 4.69) is 15.5 Å². The Bertz CT molecular complexity index is 925. The lowest BCUT2D eigenvalue weighted by molar-refractivity contribution is 0.102. The van der Waals surface area contributed by atoms with Gasteiger partial charge in [-0.05, 0) is 31.9 Å². The van der Waals surface area contributed by atoms with Gasteiger partial charge in [0.25, 0.3) is 5.91 Å². The number of aromatic nitrogens is 4. The van der Waals surface area contributed by atoms with E-state index in [4.69, 9.17) is 0 Å². The van der Waals surface area contributed by atoms with E-state index >= 15 is 0 Å². The first-order valence-electron chi connectivity index (χ1n) is 8.34. The van der Waals surface area contributed by atoms with Gasteiger partial charge in [0.2, 0.25) is 0 Å². The zero-order valence-corrected chi connectivity index (χ0v) is 13.8. The van der Waals surface area contributed by atoms with E-state index in [9.17, 15) is 9.18 Å². The quantitative estimate of drug-likeness (QED) is 0.775. The van der Waals surface area contributed by atoms with E-state index in [-0.39, 0.29) is 11.7 Å². The number of nitrogens with zero attached hydrogens (tertiary/aromatic N) is 4. The number of halogens is 1. The van der Waals surface area contributed by atoms with Gasteiger partial charge in [-0.2, -0.15) is 10.2 Å². The molecule has 1 saturated carbocycles. The number of nitrogens with one attached hydrogen (secondary N) is 1. The van der Waals surface area contributed by atoms with Crippen LogP contribution in [0.4, 0.5) is 10.1 Å². The summed E-state index contributed by atoms with van der Waals surface area (Å²) >= 11 is 0. The highest BCUT2D eigenvalue weighted by Gasteiger charge is 2.31. The smallest absolute Gasteiger partial charge is 0.259 e. The average molecular weight is 339 g/mol. The number of rotatable bonds is 5. The number of anilines is 1. The number of hydrogen-bond donors (Lipinski definition) is 1. The number of amides is 1. The Morgan fingerprint density at radius 3 is 2.84 bits per heavy atom. The van der Waals surface area contributed by atoms with Gasteiger partial charge >= 0.3 is 0 Å². The summed E-state index contributed by atoms with van der Waals surface area (Å²) in [5.41, 5.74) is 2.31. The van der Waals surface area contributed by atoms with Crippen molar-refractivity contribution in [2.75, 3.05) is 5.32 Å². The molecule has 6 nitrogen and oxygen atoms in total. The van der Waals surface area contributed by atoms with Gasteiger partial charge in [0.15, 0.2) is 0 Å². The van der Waals surface area contributed by atoms with E-state index in [1.807, 2.05) is 6.92 Å². The fourth-order valence-corrected chi connectivity index (χ4v) is 2.79. The summed E-state index contributed by atoms with van der Waals surface area (Å²) in [4.78, 5) is 12.6. The maximum absolute atomic E-state index is 13.8. The first-order valence-corrected chi connectivity index (χ1v) is 8.34. The van der Waals surface area contributed by atoms with E-state index in [0.717, 1.165) is 25.1 Å². The second-order valence-electron chi connectivity index (χ2n) is 6.14. The van der Waals surface area contributed by atoms with Crippen LogP contribution >= 0.6 is 0 Å². The molecule has 1 aliphatic rings. The summed E-state index contributed by atoms with van der Waals surface area (Å²) in [5, 5.41) is 11.5. The van der Waals surface area contributed by atoms with Gasteiger partial charge in [-0.3, -0.25) is 9.48 Å². The molecule has 0 unspecified atom stereocenters. The largest absolute Gasteiger partial charge is 0.319 e. The molecule has 7 heteroatoms. The summed E-state index contributed by atoms with van der Waals surface area (Å²) in [7, 11) is 0. The van der Waals surface area contributed by atoms with Crippen LogP contribution < -0.4 is 5.32 Å². The highest BCUT2D eigenvalue weighted by molar-refractivity contribution is 6.05. The van der Waals surface area contributed by atoms with Crippen LogP contribution in [-0.2, 0) is 6.54 Å². The number of aryl methyl sites for hydroxylation is 1. The van der Waals surface area contributed by atoms with Crippen LogP contribution in [0.15, 0.2) is 42.9 Å². The third kappa shape index (κ3) is 3.05. The van der Waals surface area contributed by atoms with Gasteiger partial charge in [-0.1, -0.05) is 12.1 Å². The minimum absolute atomic E-state index is 0.213. The fraction of sp³-hybridized carbons (Fsp3) is 0.278. The van der Waals surface area contributed by atoms with Gasteiger partial charge in [0.1, 0.15) is 11.5 Å². The molecule has 1 N–H and O–H groups in total. The fourth-order valence-electron chi connectivity index (χ4n) is 2.79. The van der Waals surface area contributed by atoms with Crippen molar-refractivity contribution in [3.8, 4) is 5.69 Å². The van der Waals surface area contributed by atoms with E-state index in [0.29, 0.717) is 22.9 Å². The molecule has 1 aromatic carbocycles. The number of benzene rings is 1. The molecule has 1 fully saturated rings. The van der Waals surface area contributed by atoms with Crippen molar-refractivity contribution in [3.05, 3.63) is 59.9 Å². The summed E-state index contributed by atoms with van der Waals surface area (Å²) in [6.45, 7) is 2.71. The summed E-state index contributed by atoms with van der Waals surface area (Å²) in [5.74, 6) is -0.201. The predicted octanol–water partition coefficient (Wildman–Crippen LogP) is 3.36. The molecule has 0 atom stereocenters.